The van der Waals surface area contributed by atoms with Crippen molar-refractivity contribution in [2.45, 2.75) is 5.16 Å². The third kappa shape index (κ3) is 1.25. The van der Waals surface area contributed by atoms with Crippen molar-refractivity contribution in [3.05, 3.63) is 24.0 Å². The number of fused-ring (bicyclic) bond motifs is 3. The van der Waals surface area contributed by atoms with E-state index in [-0.39, 0.29) is 11.0 Å². The summed E-state index contributed by atoms with van der Waals surface area (Å²) < 4.78 is 13.0. The van der Waals surface area contributed by atoms with Crippen molar-refractivity contribution in [1.82, 2.24) is 20.2 Å². The molecule has 4 nitrogen and oxygen atoms in total. The summed E-state index contributed by atoms with van der Waals surface area (Å²) in [4.78, 5) is 7.07. The number of hydrogen-bond donors (Lipinski definition) is 2. The molecule has 0 bridgehead atoms. The Kier molecular flexibility index (Phi) is 1.66. The summed E-state index contributed by atoms with van der Waals surface area (Å²) >= 11 is 3.98. The summed E-state index contributed by atoms with van der Waals surface area (Å²) in [6.45, 7) is 0. The number of halogens is 1. The van der Waals surface area contributed by atoms with Gasteiger partial charge < -0.3 is 4.98 Å². The normalized spacial score (nSPS) is 11.3. The molecule has 0 unspecified atom stereocenters. The number of rotatable bonds is 0. The van der Waals surface area contributed by atoms with Crippen LogP contribution in [0.5, 0.6) is 0 Å². The summed E-state index contributed by atoms with van der Waals surface area (Å²) in [5.41, 5.74) is 1.91. The maximum atomic E-state index is 13.0. The van der Waals surface area contributed by atoms with Crippen LogP contribution in [0.2, 0.25) is 0 Å². The van der Waals surface area contributed by atoms with Crippen molar-refractivity contribution in [3.63, 3.8) is 0 Å². The third-order valence-corrected chi connectivity index (χ3v) is 2.35. The molecular weight excluding hydrogens is 215 g/mol. The molecular formula is C9H5FN4S. The first-order valence-corrected chi connectivity index (χ1v) is 4.69. The zero-order chi connectivity index (χ0) is 10.4. The number of aromatic amines is 1. The molecule has 2 heterocycles. The Bertz CT molecular complexity index is 664. The van der Waals surface area contributed by atoms with Gasteiger partial charge in [-0.2, -0.15) is 0 Å². The lowest BCUT2D eigenvalue weighted by molar-refractivity contribution is 0.630. The van der Waals surface area contributed by atoms with Crippen LogP contribution in [0, 0.1) is 5.82 Å². The van der Waals surface area contributed by atoms with E-state index in [4.69, 9.17) is 0 Å². The maximum Gasteiger partial charge on any atom is 0.207 e. The molecule has 2 aromatic heterocycles. The lowest BCUT2D eigenvalue weighted by Crippen LogP contribution is -1.87. The van der Waals surface area contributed by atoms with Gasteiger partial charge in [0.15, 0.2) is 5.65 Å². The van der Waals surface area contributed by atoms with Gasteiger partial charge in [-0.3, -0.25) is 0 Å². The number of hydrogen-bond acceptors (Lipinski definition) is 4. The molecule has 6 heteroatoms. The molecule has 74 valence electrons. The maximum absolute atomic E-state index is 13.0. The van der Waals surface area contributed by atoms with E-state index < -0.39 is 0 Å². The summed E-state index contributed by atoms with van der Waals surface area (Å²) in [5, 5.41) is 8.61. The molecule has 1 aromatic carbocycles. The van der Waals surface area contributed by atoms with Gasteiger partial charge in [0.1, 0.15) is 11.3 Å². The van der Waals surface area contributed by atoms with Crippen molar-refractivity contribution in [2.24, 2.45) is 0 Å². The molecule has 0 saturated heterocycles. The molecule has 3 aromatic rings. The Morgan fingerprint density at radius 3 is 3.00 bits per heavy atom. The average molecular weight is 220 g/mol. The Morgan fingerprint density at radius 2 is 2.13 bits per heavy atom. The largest absolute Gasteiger partial charge is 0.338 e. The topological polar surface area (TPSA) is 54.5 Å². The highest BCUT2D eigenvalue weighted by molar-refractivity contribution is 7.80. The van der Waals surface area contributed by atoms with Gasteiger partial charge in [0.25, 0.3) is 0 Å². The molecule has 0 amide bonds. The Hall–Kier alpha value is -1.69. The number of aromatic nitrogens is 4. The molecule has 0 spiro atoms. The highest BCUT2D eigenvalue weighted by Gasteiger charge is 2.08. The highest BCUT2D eigenvalue weighted by atomic mass is 32.1. The molecule has 0 saturated carbocycles. The molecule has 15 heavy (non-hydrogen) atoms. The second-order valence-electron chi connectivity index (χ2n) is 3.12. The summed E-state index contributed by atoms with van der Waals surface area (Å²) in [6.07, 6.45) is 0. The van der Waals surface area contributed by atoms with Gasteiger partial charge in [-0.15, -0.1) is 22.8 Å². The van der Waals surface area contributed by atoms with Crippen molar-refractivity contribution in [1.29, 1.82) is 0 Å². The van der Waals surface area contributed by atoms with E-state index in [1.165, 1.54) is 12.1 Å². The van der Waals surface area contributed by atoms with Crippen LogP contribution in [-0.4, -0.2) is 20.2 Å². The van der Waals surface area contributed by atoms with Crippen LogP contribution in [0.4, 0.5) is 4.39 Å². The van der Waals surface area contributed by atoms with Crippen molar-refractivity contribution >= 4 is 34.7 Å². The summed E-state index contributed by atoms with van der Waals surface area (Å²) in [6, 6.07) is 4.43. The van der Waals surface area contributed by atoms with Crippen molar-refractivity contribution < 1.29 is 4.39 Å². The molecule has 0 aliphatic carbocycles. The van der Waals surface area contributed by atoms with Crippen molar-refractivity contribution in [3.8, 4) is 0 Å². The SMILES string of the molecule is Fc1ccc2[nH]c3nc(S)nnc3c2c1. The zero-order valence-electron chi connectivity index (χ0n) is 7.40. The standard InChI is InChI=1S/C9H5FN4S/c10-4-1-2-6-5(3-4)7-8(11-6)12-9(15)14-13-7/h1-3H,(H2,11,12,14,15). The first-order chi connectivity index (χ1) is 7.24. The molecule has 0 aliphatic rings. The number of nitrogens with one attached hydrogen (secondary N) is 1. The smallest absolute Gasteiger partial charge is 0.207 e. The number of benzene rings is 1. The summed E-state index contributed by atoms with van der Waals surface area (Å²) in [7, 11) is 0. The minimum Gasteiger partial charge on any atom is -0.338 e. The van der Waals surface area contributed by atoms with Gasteiger partial charge in [0, 0.05) is 10.9 Å². The Balaban J connectivity index is 2.53. The minimum atomic E-state index is -0.305. The summed E-state index contributed by atoms with van der Waals surface area (Å²) in [5.74, 6) is -0.305. The van der Waals surface area contributed by atoms with Crippen LogP contribution in [0.1, 0.15) is 0 Å². The van der Waals surface area contributed by atoms with Crippen LogP contribution in [0.3, 0.4) is 0 Å². The van der Waals surface area contributed by atoms with E-state index >= 15 is 0 Å². The van der Waals surface area contributed by atoms with Crippen LogP contribution in [-0.2, 0) is 0 Å². The van der Waals surface area contributed by atoms with Crippen molar-refractivity contribution in [2.75, 3.05) is 0 Å². The van der Waals surface area contributed by atoms with Gasteiger partial charge in [-0.25, -0.2) is 9.37 Å². The van der Waals surface area contributed by atoms with E-state index in [9.17, 15) is 4.39 Å². The van der Waals surface area contributed by atoms with E-state index in [2.05, 4.69) is 32.8 Å². The predicted molar refractivity (Wildman–Crippen MR) is 56.4 cm³/mol. The second-order valence-corrected chi connectivity index (χ2v) is 3.52. The number of H-pyrrole nitrogens is 1. The minimum absolute atomic E-state index is 0.287. The first kappa shape index (κ1) is 8.60. The van der Waals surface area contributed by atoms with Gasteiger partial charge in [-0.1, -0.05) is 0 Å². The van der Waals surface area contributed by atoms with E-state index in [1.807, 2.05) is 0 Å². The fourth-order valence-corrected chi connectivity index (χ4v) is 1.68. The Labute approximate surface area is 89.0 Å². The first-order valence-electron chi connectivity index (χ1n) is 4.25. The van der Waals surface area contributed by atoms with Crippen LogP contribution in [0.25, 0.3) is 22.1 Å². The van der Waals surface area contributed by atoms with Crippen LogP contribution < -0.4 is 0 Å². The average Bonchev–Trinajstić information content (AvgIpc) is 2.54. The fraction of sp³-hybridized carbons (Fsp3) is 0. The molecule has 1 N–H and O–H groups in total. The molecule has 0 aliphatic heterocycles. The van der Waals surface area contributed by atoms with Gasteiger partial charge in [-0.05, 0) is 18.2 Å². The Morgan fingerprint density at radius 1 is 1.27 bits per heavy atom. The second kappa shape index (κ2) is 2.90. The van der Waals surface area contributed by atoms with Gasteiger partial charge in [0.2, 0.25) is 5.16 Å². The fourth-order valence-electron chi connectivity index (χ4n) is 1.53. The van der Waals surface area contributed by atoms with E-state index in [0.717, 1.165) is 5.52 Å². The molecule has 0 fully saturated rings. The molecule has 3 rings (SSSR count). The van der Waals surface area contributed by atoms with Crippen LogP contribution in [0.15, 0.2) is 23.4 Å². The van der Waals surface area contributed by atoms with E-state index in [1.54, 1.807) is 6.07 Å². The molecule has 0 atom stereocenters. The molecule has 0 radical (unpaired) electrons. The van der Waals surface area contributed by atoms with E-state index in [0.29, 0.717) is 16.6 Å². The third-order valence-electron chi connectivity index (χ3n) is 2.17. The number of nitrogens with zero attached hydrogens (tertiary/aromatic N) is 3. The monoisotopic (exact) mass is 220 g/mol. The van der Waals surface area contributed by atoms with Gasteiger partial charge in [0.05, 0.1) is 0 Å². The van der Waals surface area contributed by atoms with Crippen LogP contribution >= 0.6 is 12.6 Å². The number of thiol groups is 1. The predicted octanol–water partition coefficient (Wildman–Crippen LogP) is 1.93. The van der Waals surface area contributed by atoms with Gasteiger partial charge >= 0.3 is 0 Å². The quantitative estimate of drug-likeness (QED) is 0.569. The highest BCUT2D eigenvalue weighted by Crippen LogP contribution is 2.22. The lowest BCUT2D eigenvalue weighted by atomic mass is 10.2. The zero-order valence-corrected chi connectivity index (χ0v) is 8.29. The lowest BCUT2D eigenvalue weighted by Gasteiger charge is -1.89.